The number of rotatable bonds is 58. The number of carbonyl (C=O) groups excluding carboxylic acids is 3. The number of esters is 3. The summed E-state index contributed by atoms with van der Waals surface area (Å²) >= 11 is 0. The second-order valence-corrected chi connectivity index (χ2v) is 21.3. The van der Waals surface area contributed by atoms with Crippen molar-refractivity contribution in [1.82, 2.24) is 0 Å². The summed E-state index contributed by atoms with van der Waals surface area (Å²) in [5.74, 6) is -0.879. The molecule has 0 spiro atoms. The van der Waals surface area contributed by atoms with Crippen LogP contribution in [-0.4, -0.2) is 37.2 Å². The fourth-order valence-corrected chi connectivity index (χ4v) is 9.30. The third-order valence-corrected chi connectivity index (χ3v) is 14.0. The molecule has 0 saturated heterocycles. The van der Waals surface area contributed by atoms with Crippen LogP contribution in [0.3, 0.4) is 0 Å². The summed E-state index contributed by atoms with van der Waals surface area (Å²) in [6, 6.07) is 0. The number of hydrogen-bond donors (Lipinski definition) is 0. The quantitative estimate of drug-likeness (QED) is 0.0261. The Morgan fingerprint density at radius 3 is 0.836 bits per heavy atom. The van der Waals surface area contributed by atoms with Gasteiger partial charge in [0.1, 0.15) is 13.2 Å². The Hall–Kier alpha value is -2.89. The van der Waals surface area contributed by atoms with E-state index in [1.807, 2.05) is 0 Å². The summed E-state index contributed by atoms with van der Waals surface area (Å²) in [6.07, 6.45) is 78.0. The van der Waals surface area contributed by atoms with Crippen LogP contribution in [0.1, 0.15) is 329 Å². The van der Waals surface area contributed by atoms with Crippen molar-refractivity contribution < 1.29 is 28.6 Å². The van der Waals surface area contributed by atoms with E-state index < -0.39 is 6.10 Å². The fourth-order valence-electron chi connectivity index (χ4n) is 9.30. The average Bonchev–Trinajstić information content (AvgIpc) is 3.39. The predicted octanol–water partition coefficient (Wildman–Crippen LogP) is 21.6. The van der Waals surface area contributed by atoms with Gasteiger partial charge in [-0.05, 0) is 64.2 Å². The van der Waals surface area contributed by atoms with Gasteiger partial charge in [0.2, 0.25) is 0 Å². The van der Waals surface area contributed by atoms with Gasteiger partial charge in [-0.15, -0.1) is 0 Å². The molecule has 0 aliphatic rings. The van der Waals surface area contributed by atoms with Crippen molar-refractivity contribution in [1.29, 1.82) is 0 Å². The van der Waals surface area contributed by atoms with Crippen molar-refractivity contribution in [2.24, 2.45) is 0 Å². The van der Waals surface area contributed by atoms with E-state index in [2.05, 4.69) is 81.5 Å². The van der Waals surface area contributed by atoms with E-state index in [1.165, 1.54) is 180 Å². The molecule has 1 unspecified atom stereocenters. The van der Waals surface area contributed by atoms with E-state index >= 15 is 0 Å². The van der Waals surface area contributed by atoms with Crippen LogP contribution in [-0.2, 0) is 28.6 Å². The maximum Gasteiger partial charge on any atom is 0.306 e. The third kappa shape index (κ3) is 59.9. The first kappa shape index (κ1) is 70.1. The maximum absolute atomic E-state index is 12.9. The van der Waals surface area contributed by atoms with Crippen molar-refractivity contribution in [3.05, 3.63) is 60.8 Å². The van der Waals surface area contributed by atoms with Gasteiger partial charge in [0.15, 0.2) is 6.10 Å². The number of unbranched alkanes of at least 4 members (excludes halogenated alkanes) is 37. The molecular formula is C67H120O6. The Morgan fingerprint density at radius 2 is 0.534 bits per heavy atom. The minimum absolute atomic E-state index is 0.0779. The molecule has 6 nitrogen and oxygen atoms in total. The van der Waals surface area contributed by atoms with E-state index in [4.69, 9.17) is 14.2 Å². The Bertz CT molecular complexity index is 1310. The molecule has 0 fully saturated rings. The van der Waals surface area contributed by atoms with E-state index in [1.54, 1.807) is 0 Å². The first-order valence-corrected chi connectivity index (χ1v) is 31.8. The molecule has 0 amide bonds. The second kappa shape index (κ2) is 61.7. The van der Waals surface area contributed by atoms with Crippen LogP contribution in [0.5, 0.6) is 0 Å². The second-order valence-electron chi connectivity index (χ2n) is 21.3. The Kier molecular flexibility index (Phi) is 59.2. The van der Waals surface area contributed by atoms with Crippen molar-refractivity contribution in [3.63, 3.8) is 0 Å². The molecule has 6 heteroatoms. The molecule has 0 N–H and O–H groups in total. The largest absolute Gasteiger partial charge is 0.462 e. The zero-order valence-electron chi connectivity index (χ0n) is 48.7. The van der Waals surface area contributed by atoms with E-state index in [-0.39, 0.29) is 31.1 Å². The normalized spacial score (nSPS) is 12.4. The molecule has 0 aliphatic carbocycles. The lowest BCUT2D eigenvalue weighted by atomic mass is 10.0. The number of allylic oxidation sites excluding steroid dienone is 10. The van der Waals surface area contributed by atoms with Crippen molar-refractivity contribution in [2.45, 2.75) is 335 Å². The highest BCUT2D eigenvalue weighted by molar-refractivity contribution is 5.71. The molecule has 0 saturated carbocycles. The molecule has 0 bridgehead atoms. The lowest BCUT2D eigenvalue weighted by Crippen LogP contribution is -2.30. The first-order chi connectivity index (χ1) is 36.0. The van der Waals surface area contributed by atoms with Gasteiger partial charge in [-0.2, -0.15) is 0 Å². The van der Waals surface area contributed by atoms with E-state index in [9.17, 15) is 14.4 Å². The molecule has 0 aromatic rings. The summed E-state index contributed by atoms with van der Waals surface area (Å²) in [7, 11) is 0. The van der Waals surface area contributed by atoms with Gasteiger partial charge in [0, 0.05) is 19.3 Å². The van der Waals surface area contributed by atoms with E-state index in [0.29, 0.717) is 19.3 Å². The molecular weight excluding hydrogens is 901 g/mol. The van der Waals surface area contributed by atoms with Crippen molar-refractivity contribution in [2.75, 3.05) is 13.2 Å². The van der Waals surface area contributed by atoms with Crippen LogP contribution in [0.2, 0.25) is 0 Å². The molecule has 1 atom stereocenters. The smallest absolute Gasteiger partial charge is 0.306 e. The monoisotopic (exact) mass is 1020 g/mol. The Morgan fingerprint density at radius 1 is 0.288 bits per heavy atom. The lowest BCUT2D eigenvalue weighted by molar-refractivity contribution is -0.167. The minimum atomic E-state index is -0.782. The summed E-state index contributed by atoms with van der Waals surface area (Å²) in [5, 5.41) is 0. The maximum atomic E-state index is 12.9. The van der Waals surface area contributed by atoms with Gasteiger partial charge in [0.25, 0.3) is 0 Å². The van der Waals surface area contributed by atoms with Gasteiger partial charge >= 0.3 is 17.9 Å². The number of carbonyl (C=O) groups is 3. The number of hydrogen-bond acceptors (Lipinski definition) is 6. The van der Waals surface area contributed by atoms with Crippen LogP contribution < -0.4 is 0 Å². The summed E-state index contributed by atoms with van der Waals surface area (Å²) in [5.41, 5.74) is 0. The number of ether oxygens (including phenoxy) is 3. The molecule has 73 heavy (non-hydrogen) atoms. The summed E-state index contributed by atoms with van der Waals surface area (Å²) in [6.45, 7) is 6.55. The van der Waals surface area contributed by atoms with Crippen LogP contribution in [0, 0.1) is 0 Å². The molecule has 0 aliphatic heterocycles. The standard InChI is InChI=1S/C67H120O6/c1-4-7-10-13-16-19-22-24-26-28-30-32-33-35-36-38-40-42-45-48-51-54-57-60-66(69)72-63-64(62-71-65(68)59-56-53-50-47-44-21-18-15-12-9-6-3)73-67(70)61-58-55-52-49-46-43-41-39-37-34-31-29-27-25-23-20-17-14-11-8-5-2/h8,11,17,20,25,27,31,34,39,41,64H,4-7,9-10,12-16,18-19,21-24,26,28-30,32-33,35-38,40,42-63H2,1-3H3/b11-8-,20-17-,27-25-,34-31-,41-39-. The van der Waals surface area contributed by atoms with E-state index in [0.717, 1.165) is 109 Å². The highest BCUT2D eigenvalue weighted by Crippen LogP contribution is 2.17. The molecule has 0 aromatic heterocycles. The van der Waals surface area contributed by atoms with Gasteiger partial charge in [-0.1, -0.05) is 306 Å². The summed E-state index contributed by atoms with van der Waals surface area (Å²) < 4.78 is 16.9. The zero-order valence-corrected chi connectivity index (χ0v) is 48.7. The molecule has 424 valence electrons. The van der Waals surface area contributed by atoms with Gasteiger partial charge in [0.05, 0.1) is 0 Å². The van der Waals surface area contributed by atoms with Gasteiger partial charge in [-0.25, -0.2) is 0 Å². The predicted molar refractivity (Wildman–Crippen MR) is 316 cm³/mol. The van der Waals surface area contributed by atoms with Crippen molar-refractivity contribution >= 4 is 17.9 Å². The molecule has 0 heterocycles. The van der Waals surface area contributed by atoms with Gasteiger partial charge in [-0.3, -0.25) is 14.4 Å². The molecule has 0 aromatic carbocycles. The Labute approximate surface area is 453 Å². The highest BCUT2D eigenvalue weighted by Gasteiger charge is 2.19. The highest BCUT2D eigenvalue weighted by atomic mass is 16.6. The lowest BCUT2D eigenvalue weighted by Gasteiger charge is -2.18. The summed E-state index contributed by atoms with van der Waals surface area (Å²) in [4.78, 5) is 38.2. The van der Waals surface area contributed by atoms with Crippen LogP contribution in [0.15, 0.2) is 60.8 Å². The molecule has 0 radical (unpaired) electrons. The van der Waals surface area contributed by atoms with Crippen LogP contribution in [0.4, 0.5) is 0 Å². The fraction of sp³-hybridized carbons (Fsp3) is 0.806. The average molecular weight is 1020 g/mol. The minimum Gasteiger partial charge on any atom is -0.462 e. The van der Waals surface area contributed by atoms with Crippen LogP contribution in [0.25, 0.3) is 0 Å². The zero-order chi connectivity index (χ0) is 52.9. The Balaban J connectivity index is 4.28. The van der Waals surface area contributed by atoms with Gasteiger partial charge < -0.3 is 14.2 Å². The third-order valence-electron chi connectivity index (χ3n) is 14.0. The first-order valence-electron chi connectivity index (χ1n) is 31.8. The van der Waals surface area contributed by atoms with Crippen molar-refractivity contribution in [3.8, 4) is 0 Å². The SMILES string of the molecule is CC/C=C\C/C=C\C/C=C\C/C=C\C/C=C\CCCCCCCC(=O)OC(COC(=O)CCCCCCCCCCCCC)COC(=O)CCCCCCCCCCCCCCCCCCCCCCCCC. The van der Waals surface area contributed by atoms with Crippen LogP contribution >= 0.6 is 0 Å². The topological polar surface area (TPSA) is 78.9 Å². The molecule has 0 rings (SSSR count).